The number of ether oxygens (including phenoxy) is 1. The van der Waals surface area contributed by atoms with Crippen LogP contribution in [0.15, 0.2) is 63.2 Å². The first-order chi connectivity index (χ1) is 13.5. The molecule has 2 aromatic rings. The summed E-state index contributed by atoms with van der Waals surface area (Å²) in [5.74, 6) is -0.755. The maximum atomic E-state index is 11.7. The molecule has 0 bridgehead atoms. The number of para-hydroxylation sites is 1. The average Bonchev–Trinajstić information content (AvgIpc) is 3.01. The van der Waals surface area contributed by atoms with E-state index in [0.717, 1.165) is 27.4 Å². The number of carboxylic acids is 1. The molecule has 9 heteroatoms. The van der Waals surface area contributed by atoms with Crippen molar-refractivity contribution in [1.82, 2.24) is 5.32 Å². The number of benzene rings is 2. The molecule has 2 N–H and O–H groups in total. The van der Waals surface area contributed by atoms with E-state index < -0.39 is 11.2 Å². The van der Waals surface area contributed by atoms with Crippen molar-refractivity contribution in [3.05, 3.63) is 64.1 Å². The van der Waals surface area contributed by atoms with E-state index in [4.69, 9.17) is 9.84 Å². The standard InChI is InChI=1S/C19H16BrN3O4S/c20-14-7-5-12(6-8-14)11-27-15-4-2-1-3-13(15)10-21-23-19-22-18(26)16(28-19)9-17(24)25/h1-8,10,16H,9,11H2,(H,24,25)(H,22,23,26)/b21-10-/t16-/m1/s1. The van der Waals surface area contributed by atoms with Gasteiger partial charge in [-0.25, -0.2) is 0 Å². The summed E-state index contributed by atoms with van der Waals surface area (Å²) in [6.07, 6.45) is 1.27. The summed E-state index contributed by atoms with van der Waals surface area (Å²) < 4.78 is 6.87. The van der Waals surface area contributed by atoms with Crippen molar-refractivity contribution in [3.63, 3.8) is 0 Å². The third-order valence-electron chi connectivity index (χ3n) is 3.71. The molecule has 0 radical (unpaired) electrons. The SMILES string of the molecule is O=C(O)C[C@H]1S/C(=N\N=C/c2ccccc2OCc2ccc(Br)cc2)NC1=O. The summed E-state index contributed by atoms with van der Waals surface area (Å²) >= 11 is 4.46. The van der Waals surface area contributed by atoms with E-state index in [-0.39, 0.29) is 17.5 Å². The molecule has 0 aromatic heterocycles. The molecule has 1 atom stereocenters. The van der Waals surface area contributed by atoms with Gasteiger partial charge in [-0.15, -0.1) is 5.10 Å². The van der Waals surface area contributed by atoms with Crippen LogP contribution in [-0.4, -0.2) is 33.6 Å². The van der Waals surface area contributed by atoms with Gasteiger partial charge in [0, 0.05) is 10.0 Å². The van der Waals surface area contributed by atoms with Crippen LogP contribution in [-0.2, 0) is 16.2 Å². The first-order valence-electron chi connectivity index (χ1n) is 8.28. The fraction of sp³-hybridized carbons (Fsp3) is 0.158. The predicted octanol–water partition coefficient (Wildman–Crippen LogP) is 3.42. The first kappa shape index (κ1) is 20.1. The lowest BCUT2D eigenvalue weighted by Crippen LogP contribution is -2.26. The number of amides is 1. The molecule has 1 amide bonds. The lowest BCUT2D eigenvalue weighted by atomic mass is 10.2. The molecule has 28 heavy (non-hydrogen) atoms. The van der Waals surface area contributed by atoms with Crippen LogP contribution < -0.4 is 10.1 Å². The molecule has 144 valence electrons. The second-order valence-electron chi connectivity index (χ2n) is 5.80. The Bertz CT molecular complexity index is 931. The highest BCUT2D eigenvalue weighted by Crippen LogP contribution is 2.23. The van der Waals surface area contributed by atoms with Crippen LogP contribution in [0.1, 0.15) is 17.5 Å². The van der Waals surface area contributed by atoms with Crippen LogP contribution in [0.5, 0.6) is 5.75 Å². The molecule has 1 heterocycles. The quantitative estimate of drug-likeness (QED) is 0.485. The summed E-state index contributed by atoms with van der Waals surface area (Å²) in [6, 6.07) is 15.2. The average molecular weight is 462 g/mol. The number of nitrogens with one attached hydrogen (secondary N) is 1. The number of carbonyl (C=O) groups is 2. The maximum absolute atomic E-state index is 11.7. The molecule has 7 nitrogen and oxygen atoms in total. The second-order valence-corrected chi connectivity index (χ2v) is 7.90. The van der Waals surface area contributed by atoms with Crippen molar-refractivity contribution in [2.75, 3.05) is 0 Å². The molecule has 0 saturated carbocycles. The van der Waals surface area contributed by atoms with E-state index in [1.165, 1.54) is 6.21 Å². The van der Waals surface area contributed by atoms with Gasteiger partial charge in [0.05, 0.1) is 12.6 Å². The predicted molar refractivity (Wildman–Crippen MR) is 112 cm³/mol. The van der Waals surface area contributed by atoms with E-state index in [0.29, 0.717) is 12.4 Å². The molecular weight excluding hydrogens is 446 g/mol. The summed E-state index contributed by atoms with van der Waals surface area (Å²) in [5.41, 5.74) is 1.77. The van der Waals surface area contributed by atoms with Gasteiger partial charge in [0.15, 0.2) is 5.17 Å². The lowest BCUT2D eigenvalue weighted by Gasteiger charge is -2.08. The highest BCUT2D eigenvalue weighted by Gasteiger charge is 2.32. The van der Waals surface area contributed by atoms with Crippen molar-refractivity contribution in [2.45, 2.75) is 18.3 Å². The smallest absolute Gasteiger partial charge is 0.305 e. The van der Waals surface area contributed by atoms with Crippen molar-refractivity contribution in [1.29, 1.82) is 0 Å². The van der Waals surface area contributed by atoms with E-state index >= 15 is 0 Å². The Labute approximate surface area is 174 Å². The molecule has 2 aromatic carbocycles. The lowest BCUT2D eigenvalue weighted by molar-refractivity contribution is -0.138. The van der Waals surface area contributed by atoms with Crippen molar-refractivity contribution in [2.24, 2.45) is 10.2 Å². The van der Waals surface area contributed by atoms with Gasteiger partial charge in [0.2, 0.25) is 5.91 Å². The summed E-state index contributed by atoms with van der Waals surface area (Å²) in [5, 5.41) is 18.9. The number of nitrogens with zero attached hydrogens (tertiary/aromatic N) is 2. The number of hydrogen-bond acceptors (Lipinski definition) is 6. The van der Waals surface area contributed by atoms with Gasteiger partial charge in [0.1, 0.15) is 17.6 Å². The molecule has 1 saturated heterocycles. The summed E-state index contributed by atoms with van der Waals surface area (Å²) in [4.78, 5) is 22.4. The normalized spacial score (nSPS) is 17.8. The largest absolute Gasteiger partial charge is 0.488 e. The number of carbonyl (C=O) groups excluding carboxylic acids is 1. The Morgan fingerprint density at radius 1 is 1.25 bits per heavy atom. The molecule has 1 aliphatic rings. The van der Waals surface area contributed by atoms with Gasteiger partial charge in [0.25, 0.3) is 0 Å². The highest BCUT2D eigenvalue weighted by atomic mass is 79.9. The van der Waals surface area contributed by atoms with Gasteiger partial charge in [-0.3, -0.25) is 9.59 Å². The van der Waals surface area contributed by atoms with E-state index in [1.54, 1.807) is 0 Å². The fourth-order valence-electron chi connectivity index (χ4n) is 2.35. The summed E-state index contributed by atoms with van der Waals surface area (Å²) in [7, 11) is 0. The van der Waals surface area contributed by atoms with Gasteiger partial charge in [-0.05, 0) is 29.8 Å². The third-order valence-corrected chi connectivity index (χ3v) is 5.31. The zero-order chi connectivity index (χ0) is 19.9. The van der Waals surface area contributed by atoms with E-state index in [1.807, 2.05) is 48.5 Å². The Hall–Kier alpha value is -2.65. The summed E-state index contributed by atoms with van der Waals surface area (Å²) in [6.45, 7) is 0.412. The van der Waals surface area contributed by atoms with Crippen LogP contribution in [0.3, 0.4) is 0 Å². The minimum atomic E-state index is -1.03. The minimum Gasteiger partial charge on any atom is -0.488 e. The monoisotopic (exact) mass is 461 g/mol. The highest BCUT2D eigenvalue weighted by molar-refractivity contribution is 9.10. The molecule has 0 unspecified atom stereocenters. The number of rotatable bonds is 7. The number of hydrogen-bond donors (Lipinski definition) is 2. The third kappa shape index (κ3) is 5.67. The molecule has 0 aliphatic carbocycles. The zero-order valence-electron chi connectivity index (χ0n) is 14.5. The van der Waals surface area contributed by atoms with Crippen molar-refractivity contribution in [3.8, 4) is 5.75 Å². The van der Waals surface area contributed by atoms with Crippen LogP contribution in [0.25, 0.3) is 0 Å². The van der Waals surface area contributed by atoms with Crippen LogP contribution in [0.2, 0.25) is 0 Å². The van der Waals surface area contributed by atoms with Crippen LogP contribution in [0.4, 0.5) is 0 Å². The Morgan fingerprint density at radius 2 is 2.00 bits per heavy atom. The van der Waals surface area contributed by atoms with Gasteiger partial charge < -0.3 is 15.2 Å². The molecular formula is C19H16BrN3O4S. The zero-order valence-corrected chi connectivity index (χ0v) is 16.9. The van der Waals surface area contributed by atoms with Crippen molar-refractivity contribution < 1.29 is 19.4 Å². The minimum absolute atomic E-state index is 0.258. The topological polar surface area (TPSA) is 100 Å². The Kier molecular flexibility index (Phi) is 6.83. The number of carboxylic acid groups (broad SMARTS) is 1. The number of halogens is 1. The first-order valence-corrected chi connectivity index (χ1v) is 9.95. The van der Waals surface area contributed by atoms with E-state index in [2.05, 4.69) is 31.4 Å². The van der Waals surface area contributed by atoms with Crippen LogP contribution in [0, 0.1) is 0 Å². The Morgan fingerprint density at radius 3 is 2.75 bits per heavy atom. The maximum Gasteiger partial charge on any atom is 0.305 e. The van der Waals surface area contributed by atoms with Crippen molar-refractivity contribution >= 4 is 51.0 Å². The molecule has 3 rings (SSSR count). The molecule has 1 fully saturated rings. The number of aliphatic carboxylic acids is 1. The van der Waals surface area contributed by atoms with Crippen LogP contribution >= 0.6 is 27.7 Å². The molecule has 1 aliphatic heterocycles. The van der Waals surface area contributed by atoms with Gasteiger partial charge in [-0.2, -0.15) is 5.10 Å². The van der Waals surface area contributed by atoms with Gasteiger partial charge in [-0.1, -0.05) is 52.0 Å². The number of thioether (sulfide) groups is 1. The van der Waals surface area contributed by atoms with E-state index in [9.17, 15) is 9.59 Å². The number of amidine groups is 1. The Balaban J connectivity index is 1.63. The molecule has 0 spiro atoms. The fourth-order valence-corrected chi connectivity index (χ4v) is 3.53. The van der Waals surface area contributed by atoms with Gasteiger partial charge >= 0.3 is 5.97 Å². The second kappa shape index (κ2) is 9.52.